The van der Waals surface area contributed by atoms with E-state index in [9.17, 15) is 4.79 Å². The molecule has 7 heteroatoms. The molecule has 6 nitrogen and oxygen atoms in total. The lowest BCUT2D eigenvalue weighted by Gasteiger charge is -2.28. The lowest BCUT2D eigenvalue weighted by atomic mass is 10.3. The Labute approximate surface area is 123 Å². The molecule has 2 heterocycles. The predicted octanol–water partition coefficient (Wildman–Crippen LogP) is 0.888. The largest absolute Gasteiger partial charge is 0.492 e. The summed E-state index contributed by atoms with van der Waals surface area (Å²) >= 11 is 1.41. The minimum Gasteiger partial charge on any atom is -0.492 e. The number of nitrogen functional groups attached to an aromatic ring is 1. The van der Waals surface area contributed by atoms with Crippen molar-refractivity contribution in [2.75, 3.05) is 50.5 Å². The average molecular weight is 298 g/mol. The third-order valence-electron chi connectivity index (χ3n) is 3.23. The van der Waals surface area contributed by atoms with E-state index in [-0.39, 0.29) is 5.91 Å². The van der Waals surface area contributed by atoms with Crippen LogP contribution in [0.25, 0.3) is 0 Å². The van der Waals surface area contributed by atoms with E-state index < -0.39 is 0 Å². The van der Waals surface area contributed by atoms with Gasteiger partial charge in [-0.15, -0.1) is 11.3 Å². The van der Waals surface area contributed by atoms with Crippen molar-refractivity contribution in [3.05, 3.63) is 4.88 Å². The van der Waals surface area contributed by atoms with Crippen molar-refractivity contribution in [1.82, 2.24) is 10.6 Å². The molecule has 1 fully saturated rings. The molecule has 0 aromatic carbocycles. The van der Waals surface area contributed by atoms with Crippen molar-refractivity contribution in [2.24, 2.45) is 0 Å². The third-order valence-corrected chi connectivity index (χ3v) is 4.48. The molecular weight excluding hydrogens is 276 g/mol. The van der Waals surface area contributed by atoms with E-state index in [1.54, 1.807) is 7.11 Å². The predicted molar refractivity (Wildman–Crippen MR) is 83.0 cm³/mol. The zero-order chi connectivity index (χ0) is 14.5. The molecule has 1 aliphatic rings. The van der Waals surface area contributed by atoms with Crippen LogP contribution in [0.4, 0.5) is 10.7 Å². The number of carbonyl (C=O) groups is 1. The van der Waals surface area contributed by atoms with Crippen LogP contribution in [-0.4, -0.2) is 45.7 Å². The standard InChI is InChI=1S/C13H22N4O2S/c1-3-4-16-12(18)11-9(14)10(19-2)13(20-11)17-7-5-15-6-8-17/h15H,3-8,14H2,1-2H3,(H,16,18). The van der Waals surface area contributed by atoms with E-state index in [4.69, 9.17) is 10.5 Å². The second-order valence-corrected chi connectivity index (χ2v) is 5.68. The van der Waals surface area contributed by atoms with Gasteiger partial charge in [-0.2, -0.15) is 0 Å². The van der Waals surface area contributed by atoms with Crippen LogP contribution in [0.5, 0.6) is 5.75 Å². The summed E-state index contributed by atoms with van der Waals surface area (Å²) in [6.07, 6.45) is 0.902. The van der Waals surface area contributed by atoms with Crippen LogP contribution in [0.1, 0.15) is 23.0 Å². The normalized spacial score (nSPS) is 15.2. The Morgan fingerprint density at radius 1 is 1.50 bits per heavy atom. The lowest BCUT2D eigenvalue weighted by molar-refractivity contribution is 0.0958. The highest BCUT2D eigenvalue weighted by Gasteiger charge is 2.25. The maximum Gasteiger partial charge on any atom is 0.263 e. The second-order valence-electron chi connectivity index (χ2n) is 4.68. The van der Waals surface area contributed by atoms with Crippen molar-refractivity contribution in [3.63, 3.8) is 0 Å². The number of nitrogens with two attached hydrogens (primary N) is 1. The van der Waals surface area contributed by atoms with Gasteiger partial charge >= 0.3 is 0 Å². The number of amides is 1. The Kier molecular flexibility index (Phi) is 5.08. The summed E-state index contributed by atoms with van der Waals surface area (Å²) < 4.78 is 5.41. The summed E-state index contributed by atoms with van der Waals surface area (Å²) in [5, 5.41) is 7.12. The fourth-order valence-corrected chi connectivity index (χ4v) is 3.34. The Morgan fingerprint density at radius 2 is 2.20 bits per heavy atom. The van der Waals surface area contributed by atoms with Gasteiger partial charge in [0.15, 0.2) is 5.75 Å². The number of anilines is 2. The minimum absolute atomic E-state index is 0.117. The Morgan fingerprint density at radius 3 is 2.80 bits per heavy atom. The fourth-order valence-electron chi connectivity index (χ4n) is 2.18. The van der Waals surface area contributed by atoms with Gasteiger partial charge in [-0.25, -0.2) is 0 Å². The van der Waals surface area contributed by atoms with Crippen LogP contribution < -0.4 is 26.0 Å². The molecule has 1 saturated heterocycles. The first-order valence-electron chi connectivity index (χ1n) is 6.89. The van der Waals surface area contributed by atoms with Crippen LogP contribution in [0, 0.1) is 0 Å². The molecule has 0 radical (unpaired) electrons. The zero-order valence-corrected chi connectivity index (χ0v) is 12.8. The van der Waals surface area contributed by atoms with Gasteiger partial charge in [-0.3, -0.25) is 4.79 Å². The van der Waals surface area contributed by atoms with Crippen LogP contribution in [0.3, 0.4) is 0 Å². The van der Waals surface area contributed by atoms with Crippen molar-refractivity contribution in [2.45, 2.75) is 13.3 Å². The monoisotopic (exact) mass is 298 g/mol. The molecule has 0 spiro atoms. The molecule has 0 saturated carbocycles. The van der Waals surface area contributed by atoms with Gasteiger partial charge in [0.05, 0.1) is 7.11 Å². The van der Waals surface area contributed by atoms with E-state index in [0.717, 1.165) is 37.6 Å². The van der Waals surface area contributed by atoms with Crippen molar-refractivity contribution in [1.29, 1.82) is 0 Å². The number of methoxy groups -OCH3 is 1. The number of thiophene rings is 1. The van der Waals surface area contributed by atoms with Crippen molar-refractivity contribution in [3.8, 4) is 5.75 Å². The number of hydrogen-bond acceptors (Lipinski definition) is 6. The summed E-state index contributed by atoms with van der Waals surface area (Å²) in [4.78, 5) is 14.9. The van der Waals surface area contributed by atoms with Crippen molar-refractivity contribution < 1.29 is 9.53 Å². The fraction of sp³-hybridized carbons (Fsp3) is 0.615. The van der Waals surface area contributed by atoms with Crippen LogP contribution in [0.15, 0.2) is 0 Å². The van der Waals surface area contributed by atoms with E-state index in [2.05, 4.69) is 15.5 Å². The molecule has 112 valence electrons. The molecule has 1 aliphatic heterocycles. The van der Waals surface area contributed by atoms with Crippen LogP contribution in [0.2, 0.25) is 0 Å². The molecule has 1 aromatic heterocycles. The minimum atomic E-state index is -0.117. The summed E-state index contributed by atoms with van der Waals surface area (Å²) in [5.41, 5.74) is 6.52. The molecular formula is C13H22N4O2S. The van der Waals surface area contributed by atoms with Gasteiger partial charge in [-0.1, -0.05) is 6.92 Å². The first-order chi connectivity index (χ1) is 9.69. The topological polar surface area (TPSA) is 79.6 Å². The van der Waals surface area contributed by atoms with E-state index >= 15 is 0 Å². The SMILES string of the molecule is CCCNC(=O)c1sc(N2CCNCC2)c(OC)c1N. The quantitative estimate of drug-likeness (QED) is 0.752. The van der Waals surface area contributed by atoms with Gasteiger partial charge in [0, 0.05) is 32.7 Å². The molecule has 20 heavy (non-hydrogen) atoms. The summed E-state index contributed by atoms with van der Waals surface area (Å²) in [7, 11) is 1.60. The molecule has 0 aliphatic carbocycles. The molecule has 0 atom stereocenters. The highest BCUT2D eigenvalue weighted by atomic mass is 32.1. The average Bonchev–Trinajstić information content (AvgIpc) is 2.82. The number of nitrogens with one attached hydrogen (secondary N) is 2. The summed E-state index contributed by atoms with van der Waals surface area (Å²) in [5.74, 6) is 0.507. The molecule has 1 aromatic rings. The Bertz CT molecular complexity index is 469. The van der Waals surface area contributed by atoms with E-state index in [1.807, 2.05) is 6.92 Å². The molecule has 1 amide bonds. The number of piperazine rings is 1. The highest BCUT2D eigenvalue weighted by Crippen LogP contribution is 2.44. The smallest absolute Gasteiger partial charge is 0.263 e. The van der Waals surface area contributed by atoms with Gasteiger partial charge in [-0.05, 0) is 6.42 Å². The van der Waals surface area contributed by atoms with E-state index in [0.29, 0.717) is 22.9 Å². The summed E-state index contributed by atoms with van der Waals surface area (Å²) in [6, 6.07) is 0. The number of hydrogen-bond donors (Lipinski definition) is 3. The Balaban J connectivity index is 2.25. The summed E-state index contributed by atoms with van der Waals surface area (Å²) in [6.45, 7) is 6.32. The first kappa shape index (κ1) is 14.9. The lowest BCUT2D eigenvalue weighted by Crippen LogP contribution is -2.43. The second kappa shape index (κ2) is 6.81. The maximum absolute atomic E-state index is 12.1. The number of nitrogens with zero attached hydrogens (tertiary/aromatic N) is 1. The van der Waals surface area contributed by atoms with Gasteiger partial charge in [0.2, 0.25) is 0 Å². The van der Waals surface area contributed by atoms with E-state index in [1.165, 1.54) is 11.3 Å². The highest BCUT2D eigenvalue weighted by molar-refractivity contribution is 7.19. The number of ether oxygens (including phenoxy) is 1. The molecule has 0 bridgehead atoms. The zero-order valence-electron chi connectivity index (χ0n) is 12.0. The first-order valence-corrected chi connectivity index (χ1v) is 7.70. The van der Waals surface area contributed by atoms with Crippen LogP contribution >= 0.6 is 11.3 Å². The third kappa shape index (κ3) is 2.99. The van der Waals surface area contributed by atoms with Crippen molar-refractivity contribution >= 4 is 27.9 Å². The maximum atomic E-state index is 12.1. The molecule has 4 N–H and O–H groups in total. The number of carbonyl (C=O) groups excluding carboxylic acids is 1. The van der Waals surface area contributed by atoms with Gasteiger partial charge in [0.25, 0.3) is 5.91 Å². The number of rotatable bonds is 5. The van der Waals surface area contributed by atoms with Gasteiger partial charge in [0.1, 0.15) is 15.6 Å². The van der Waals surface area contributed by atoms with Gasteiger partial charge < -0.3 is 26.0 Å². The molecule has 2 rings (SSSR count). The Hall–Kier alpha value is -1.47. The molecule has 0 unspecified atom stereocenters. The van der Waals surface area contributed by atoms with Crippen LogP contribution in [-0.2, 0) is 0 Å².